The fourth-order valence-corrected chi connectivity index (χ4v) is 1.61. The maximum Gasteiger partial charge on any atom is 0.337 e. The molecule has 6 nitrogen and oxygen atoms in total. The number of carboxylic acid groups (broad SMARTS) is 1. The molecule has 1 aromatic carbocycles. The summed E-state index contributed by atoms with van der Waals surface area (Å²) in [5, 5.41) is 27.5. The van der Waals surface area contributed by atoms with Gasteiger partial charge in [-0.15, -0.1) is 0 Å². The van der Waals surface area contributed by atoms with Crippen molar-refractivity contribution in [3.63, 3.8) is 0 Å². The van der Waals surface area contributed by atoms with Gasteiger partial charge in [-0.1, -0.05) is 0 Å². The largest absolute Gasteiger partial charge is 0.508 e. The van der Waals surface area contributed by atoms with Gasteiger partial charge in [-0.25, -0.2) is 4.79 Å². The fraction of sp³-hybridized carbons (Fsp3) is 0.364. The Morgan fingerprint density at radius 1 is 1.47 bits per heavy atom. The molecule has 0 aliphatic heterocycles. The standard InChI is InChI=1S/C11H16N2O4/c1-11(13,2-3-14)7-5-8(12)6(10(16)17)4-9(7)15/h4-5,14-15H,2-3,12-13H2,1H3,(H,16,17). The Morgan fingerprint density at radius 3 is 2.53 bits per heavy atom. The molecule has 0 amide bonds. The van der Waals surface area contributed by atoms with Crippen LogP contribution in [0.4, 0.5) is 5.69 Å². The Morgan fingerprint density at radius 2 is 2.06 bits per heavy atom. The molecule has 7 N–H and O–H groups in total. The van der Waals surface area contributed by atoms with E-state index in [1.54, 1.807) is 6.92 Å². The normalized spacial score (nSPS) is 14.3. The van der Waals surface area contributed by atoms with Crippen molar-refractivity contribution < 1.29 is 20.1 Å². The molecule has 0 saturated heterocycles. The first kappa shape index (κ1) is 13.3. The van der Waals surface area contributed by atoms with E-state index in [4.69, 9.17) is 21.7 Å². The van der Waals surface area contributed by atoms with Gasteiger partial charge in [0.15, 0.2) is 0 Å². The van der Waals surface area contributed by atoms with Crippen LogP contribution < -0.4 is 11.5 Å². The summed E-state index contributed by atoms with van der Waals surface area (Å²) in [6.07, 6.45) is 0.229. The molecule has 0 fully saturated rings. The molecule has 1 unspecified atom stereocenters. The van der Waals surface area contributed by atoms with Crippen molar-refractivity contribution in [1.82, 2.24) is 0 Å². The summed E-state index contributed by atoms with van der Waals surface area (Å²) >= 11 is 0. The lowest BCUT2D eigenvalue weighted by atomic mass is 9.88. The molecule has 0 aromatic heterocycles. The molecule has 1 atom stereocenters. The van der Waals surface area contributed by atoms with Crippen molar-refractivity contribution in [2.75, 3.05) is 12.3 Å². The number of hydrogen-bond donors (Lipinski definition) is 5. The van der Waals surface area contributed by atoms with E-state index in [0.717, 1.165) is 6.07 Å². The second-order valence-electron chi connectivity index (χ2n) is 4.15. The van der Waals surface area contributed by atoms with Crippen LogP contribution in [0.15, 0.2) is 12.1 Å². The number of rotatable bonds is 4. The van der Waals surface area contributed by atoms with Crippen LogP contribution in [-0.2, 0) is 5.54 Å². The van der Waals surface area contributed by atoms with E-state index >= 15 is 0 Å². The van der Waals surface area contributed by atoms with E-state index in [9.17, 15) is 9.90 Å². The molecule has 17 heavy (non-hydrogen) atoms. The lowest BCUT2D eigenvalue weighted by Crippen LogP contribution is -2.34. The van der Waals surface area contributed by atoms with Gasteiger partial charge in [0, 0.05) is 23.4 Å². The molecule has 1 aromatic rings. The van der Waals surface area contributed by atoms with Gasteiger partial charge < -0.3 is 26.8 Å². The second kappa shape index (κ2) is 4.60. The summed E-state index contributed by atoms with van der Waals surface area (Å²) in [6, 6.07) is 2.39. The molecule has 0 aliphatic carbocycles. The van der Waals surface area contributed by atoms with E-state index in [0.29, 0.717) is 5.56 Å². The van der Waals surface area contributed by atoms with E-state index < -0.39 is 11.5 Å². The maximum absolute atomic E-state index is 10.8. The summed E-state index contributed by atoms with van der Waals surface area (Å²) in [6.45, 7) is 1.48. The Hall–Kier alpha value is -1.79. The number of carbonyl (C=O) groups is 1. The van der Waals surface area contributed by atoms with Crippen LogP contribution in [0.2, 0.25) is 0 Å². The zero-order chi connectivity index (χ0) is 13.2. The third-order valence-corrected chi connectivity index (χ3v) is 2.64. The van der Waals surface area contributed by atoms with Gasteiger partial charge in [-0.2, -0.15) is 0 Å². The summed E-state index contributed by atoms with van der Waals surface area (Å²) in [5.41, 5.74) is 10.7. The Labute approximate surface area is 98.5 Å². The van der Waals surface area contributed by atoms with Gasteiger partial charge in [0.05, 0.1) is 5.56 Å². The third kappa shape index (κ3) is 2.66. The Balaban J connectivity index is 3.29. The number of aliphatic hydroxyl groups is 1. The van der Waals surface area contributed by atoms with Crippen LogP contribution >= 0.6 is 0 Å². The molecule has 94 valence electrons. The number of hydrogen-bond acceptors (Lipinski definition) is 5. The van der Waals surface area contributed by atoms with Gasteiger partial charge in [-0.3, -0.25) is 0 Å². The van der Waals surface area contributed by atoms with Crippen LogP contribution in [0.25, 0.3) is 0 Å². The molecule has 0 bridgehead atoms. The fourth-order valence-electron chi connectivity index (χ4n) is 1.61. The summed E-state index contributed by atoms with van der Waals surface area (Å²) < 4.78 is 0. The number of nitrogens with two attached hydrogens (primary N) is 2. The number of aromatic hydroxyl groups is 1. The number of anilines is 1. The smallest absolute Gasteiger partial charge is 0.337 e. The number of phenolic OH excluding ortho intramolecular Hbond substituents is 1. The molecule has 1 rings (SSSR count). The minimum absolute atomic E-state index is 0.0277. The molecule has 0 radical (unpaired) electrons. The van der Waals surface area contributed by atoms with Crippen molar-refractivity contribution in [2.24, 2.45) is 5.73 Å². The SMILES string of the molecule is CC(N)(CCO)c1cc(N)c(C(=O)O)cc1O. The summed E-state index contributed by atoms with van der Waals surface area (Å²) in [4.78, 5) is 10.8. The third-order valence-electron chi connectivity index (χ3n) is 2.64. The van der Waals surface area contributed by atoms with Crippen molar-refractivity contribution in [2.45, 2.75) is 18.9 Å². The Kier molecular flexibility index (Phi) is 3.59. The lowest BCUT2D eigenvalue weighted by molar-refractivity contribution is 0.0697. The van der Waals surface area contributed by atoms with E-state index in [-0.39, 0.29) is 30.0 Å². The average molecular weight is 240 g/mol. The monoisotopic (exact) mass is 240 g/mol. The first-order valence-corrected chi connectivity index (χ1v) is 5.05. The topological polar surface area (TPSA) is 130 Å². The van der Waals surface area contributed by atoms with E-state index in [1.807, 2.05) is 0 Å². The highest BCUT2D eigenvalue weighted by Crippen LogP contribution is 2.33. The van der Waals surface area contributed by atoms with Gasteiger partial charge >= 0.3 is 5.97 Å². The summed E-state index contributed by atoms with van der Waals surface area (Å²) in [5.74, 6) is -1.46. The van der Waals surface area contributed by atoms with Crippen LogP contribution in [0.5, 0.6) is 5.75 Å². The first-order valence-electron chi connectivity index (χ1n) is 5.05. The van der Waals surface area contributed by atoms with Crippen LogP contribution in [0.3, 0.4) is 0 Å². The van der Waals surface area contributed by atoms with Crippen LogP contribution in [0.1, 0.15) is 29.3 Å². The van der Waals surface area contributed by atoms with Crippen LogP contribution in [0, 0.1) is 0 Å². The van der Waals surface area contributed by atoms with Crippen molar-refractivity contribution >= 4 is 11.7 Å². The lowest BCUT2D eigenvalue weighted by Gasteiger charge is -2.25. The predicted molar refractivity (Wildman–Crippen MR) is 62.7 cm³/mol. The number of aliphatic hydroxyl groups excluding tert-OH is 1. The Bertz CT molecular complexity index is 443. The molecular formula is C11H16N2O4. The van der Waals surface area contributed by atoms with E-state index in [2.05, 4.69) is 0 Å². The highest BCUT2D eigenvalue weighted by Gasteiger charge is 2.26. The number of benzene rings is 1. The molecule has 6 heteroatoms. The number of carboxylic acids is 1. The van der Waals surface area contributed by atoms with Crippen molar-refractivity contribution in [3.05, 3.63) is 23.3 Å². The summed E-state index contributed by atoms with van der Waals surface area (Å²) in [7, 11) is 0. The molecule has 0 heterocycles. The van der Waals surface area contributed by atoms with Crippen molar-refractivity contribution in [1.29, 1.82) is 0 Å². The molecule has 0 saturated carbocycles. The van der Waals surface area contributed by atoms with Gasteiger partial charge in [0.2, 0.25) is 0 Å². The zero-order valence-corrected chi connectivity index (χ0v) is 9.47. The highest BCUT2D eigenvalue weighted by molar-refractivity contribution is 5.94. The molecular weight excluding hydrogens is 224 g/mol. The van der Waals surface area contributed by atoms with Crippen molar-refractivity contribution in [3.8, 4) is 5.75 Å². The zero-order valence-electron chi connectivity index (χ0n) is 9.47. The minimum atomic E-state index is -1.22. The highest BCUT2D eigenvalue weighted by atomic mass is 16.4. The first-order chi connectivity index (χ1) is 7.79. The van der Waals surface area contributed by atoms with Gasteiger partial charge in [-0.05, 0) is 25.5 Å². The van der Waals surface area contributed by atoms with Crippen LogP contribution in [-0.4, -0.2) is 27.9 Å². The van der Waals surface area contributed by atoms with Gasteiger partial charge in [0.25, 0.3) is 0 Å². The predicted octanol–water partition coefficient (Wildman–Crippen LogP) is 0.229. The molecule has 0 spiro atoms. The number of aromatic carboxylic acids is 1. The number of nitrogen functional groups attached to an aromatic ring is 1. The maximum atomic E-state index is 10.8. The average Bonchev–Trinajstić information content (AvgIpc) is 2.20. The second-order valence-corrected chi connectivity index (χ2v) is 4.15. The quantitative estimate of drug-likeness (QED) is 0.378. The van der Waals surface area contributed by atoms with Gasteiger partial charge in [0.1, 0.15) is 5.75 Å². The minimum Gasteiger partial charge on any atom is -0.508 e. The number of phenols is 1. The van der Waals surface area contributed by atoms with E-state index in [1.165, 1.54) is 6.07 Å². The molecule has 0 aliphatic rings.